The highest BCUT2D eigenvalue weighted by Crippen LogP contribution is 2.26. The van der Waals surface area contributed by atoms with E-state index in [0.717, 1.165) is 21.5 Å². The van der Waals surface area contributed by atoms with E-state index in [-0.39, 0.29) is 12.2 Å². The zero-order valence-electron chi connectivity index (χ0n) is 9.86. The Labute approximate surface area is 136 Å². The summed E-state index contributed by atoms with van der Waals surface area (Å²) in [5.41, 5.74) is 5.74. The summed E-state index contributed by atoms with van der Waals surface area (Å²) in [6.07, 6.45) is 0. The number of nitrogens with two attached hydrogens (primary N) is 1. The molecule has 2 rings (SSSR count). The average Bonchev–Trinajstić information content (AvgIpc) is 2.77. The SMILES string of the molecule is Nc1cc(S(=O)(=O)NCc2cc(Br)cs2)c(F)cc1Br. The molecule has 0 aliphatic carbocycles. The zero-order chi connectivity index (χ0) is 14.9. The number of halogens is 3. The van der Waals surface area contributed by atoms with Gasteiger partial charge >= 0.3 is 0 Å². The molecule has 0 atom stereocenters. The van der Waals surface area contributed by atoms with Gasteiger partial charge in [0.25, 0.3) is 0 Å². The summed E-state index contributed by atoms with van der Waals surface area (Å²) in [4.78, 5) is 0.347. The Kier molecular flexibility index (Phi) is 4.85. The van der Waals surface area contributed by atoms with Gasteiger partial charge < -0.3 is 5.73 Å². The van der Waals surface area contributed by atoms with Gasteiger partial charge in [0.2, 0.25) is 10.0 Å². The van der Waals surface area contributed by atoms with Gasteiger partial charge in [0.15, 0.2) is 0 Å². The number of hydrogen-bond acceptors (Lipinski definition) is 4. The van der Waals surface area contributed by atoms with E-state index < -0.39 is 20.7 Å². The lowest BCUT2D eigenvalue weighted by molar-refractivity contribution is 0.557. The van der Waals surface area contributed by atoms with Crippen molar-refractivity contribution in [3.8, 4) is 0 Å². The van der Waals surface area contributed by atoms with Crippen LogP contribution in [0.25, 0.3) is 0 Å². The molecule has 1 aromatic heterocycles. The molecule has 0 unspecified atom stereocenters. The van der Waals surface area contributed by atoms with Gasteiger partial charge in [-0.05, 0) is 50.1 Å². The summed E-state index contributed by atoms with van der Waals surface area (Å²) in [6, 6.07) is 3.91. The molecule has 0 radical (unpaired) electrons. The highest BCUT2D eigenvalue weighted by atomic mass is 79.9. The van der Waals surface area contributed by atoms with E-state index in [0.29, 0.717) is 4.47 Å². The fraction of sp³-hybridized carbons (Fsp3) is 0.0909. The van der Waals surface area contributed by atoms with Crippen molar-refractivity contribution < 1.29 is 12.8 Å². The van der Waals surface area contributed by atoms with Crippen LogP contribution in [0.2, 0.25) is 0 Å². The van der Waals surface area contributed by atoms with Crippen molar-refractivity contribution >= 4 is 58.9 Å². The lowest BCUT2D eigenvalue weighted by Crippen LogP contribution is -2.24. The molecule has 1 aromatic carbocycles. The largest absolute Gasteiger partial charge is 0.398 e. The minimum Gasteiger partial charge on any atom is -0.398 e. The topological polar surface area (TPSA) is 72.2 Å². The van der Waals surface area contributed by atoms with Gasteiger partial charge in [-0.2, -0.15) is 0 Å². The molecule has 2 aromatic rings. The first-order valence-corrected chi connectivity index (χ1v) is 9.21. The third-order valence-electron chi connectivity index (χ3n) is 2.40. The highest BCUT2D eigenvalue weighted by Gasteiger charge is 2.20. The number of benzene rings is 1. The average molecular weight is 444 g/mol. The normalized spacial score (nSPS) is 11.8. The maximum absolute atomic E-state index is 13.7. The predicted octanol–water partition coefficient (Wildman–Crippen LogP) is 3.47. The van der Waals surface area contributed by atoms with Gasteiger partial charge in [-0.1, -0.05) is 0 Å². The molecule has 0 saturated carbocycles. The van der Waals surface area contributed by atoms with Gasteiger partial charge in [0.05, 0.1) is 0 Å². The quantitative estimate of drug-likeness (QED) is 0.710. The van der Waals surface area contributed by atoms with E-state index in [1.54, 1.807) is 6.07 Å². The lowest BCUT2D eigenvalue weighted by Gasteiger charge is -2.08. The van der Waals surface area contributed by atoms with Crippen LogP contribution in [0.1, 0.15) is 4.88 Å². The second-order valence-electron chi connectivity index (χ2n) is 3.86. The highest BCUT2D eigenvalue weighted by molar-refractivity contribution is 9.10. The first-order chi connectivity index (χ1) is 9.29. The number of thiophene rings is 1. The molecule has 0 fully saturated rings. The number of anilines is 1. The zero-order valence-corrected chi connectivity index (χ0v) is 14.7. The van der Waals surface area contributed by atoms with Crippen LogP contribution in [0.4, 0.5) is 10.1 Å². The molecule has 4 nitrogen and oxygen atoms in total. The van der Waals surface area contributed by atoms with Crippen LogP contribution in [0.5, 0.6) is 0 Å². The van der Waals surface area contributed by atoms with E-state index in [1.165, 1.54) is 11.3 Å². The Hall–Kier alpha value is -0.480. The van der Waals surface area contributed by atoms with Gasteiger partial charge in [-0.3, -0.25) is 0 Å². The van der Waals surface area contributed by atoms with Crippen molar-refractivity contribution in [3.63, 3.8) is 0 Å². The maximum atomic E-state index is 13.7. The smallest absolute Gasteiger partial charge is 0.243 e. The lowest BCUT2D eigenvalue weighted by atomic mass is 10.3. The van der Waals surface area contributed by atoms with Crippen LogP contribution in [-0.2, 0) is 16.6 Å². The molecule has 0 bridgehead atoms. The number of nitrogen functional groups attached to an aromatic ring is 1. The van der Waals surface area contributed by atoms with E-state index in [1.807, 2.05) is 5.38 Å². The first kappa shape index (κ1) is 15.9. The van der Waals surface area contributed by atoms with Crippen LogP contribution < -0.4 is 10.5 Å². The predicted molar refractivity (Wildman–Crippen MR) is 84.6 cm³/mol. The summed E-state index contributed by atoms with van der Waals surface area (Å²) in [5.74, 6) is -0.856. The molecule has 0 amide bonds. The maximum Gasteiger partial charge on any atom is 0.243 e. The second kappa shape index (κ2) is 6.10. The monoisotopic (exact) mass is 442 g/mol. The molecule has 0 aliphatic rings. The summed E-state index contributed by atoms with van der Waals surface area (Å²) in [5, 5.41) is 1.84. The van der Waals surface area contributed by atoms with Gasteiger partial charge in [0, 0.05) is 31.4 Å². The first-order valence-electron chi connectivity index (χ1n) is 5.26. The Morgan fingerprint density at radius 2 is 2.00 bits per heavy atom. The van der Waals surface area contributed by atoms with Crippen molar-refractivity contribution in [3.05, 3.63) is 43.2 Å². The Balaban J connectivity index is 2.24. The molecular formula is C11H9Br2FN2O2S2. The molecular weight excluding hydrogens is 435 g/mol. The third-order valence-corrected chi connectivity index (χ3v) is 6.20. The fourth-order valence-electron chi connectivity index (χ4n) is 1.44. The number of nitrogens with one attached hydrogen (secondary N) is 1. The van der Waals surface area contributed by atoms with E-state index in [2.05, 4.69) is 36.6 Å². The molecule has 1 heterocycles. The van der Waals surface area contributed by atoms with Gasteiger partial charge in [0.1, 0.15) is 10.7 Å². The second-order valence-corrected chi connectivity index (χ2v) is 8.36. The fourth-order valence-corrected chi connectivity index (χ4v) is 4.34. The van der Waals surface area contributed by atoms with E-state index in [4.69, 9.17) is 5.73 Å². The summed E-state index contributed by atoms with van der Waals surface area (Å²) < 4.78 is 41.4. The van der Waals surface area contributed by atoms with Crippen LogP contribution >= 0.6 is 43.2 Å². The van der Waals surface area contributed by atoms with Crippen LogP contribution in [0.15, 0.2) is 37.4 Å². The molecule has 0 saturated heterocycles. The molecule has 0 aliphatic heterocycles. The summed E-state index contributed by atoms with van der Waals surface area (Å²) in [7, 11) is -3.95. The standard InChI is InChI=1S/C11H9Br2FN2O2S2/c12-6-1-7(19-5-6)4-16-20(17,18)11-3-10(15)8(13)2-9(11)14/h1-3,5,16H,4,15H2. The number of hydrogen-bond donors (Lipinski definition) is 2. The van der Waals surface area contributed by atoms with Gasteiger partial charge in [-0.15, -0.1) is 11.3 Å². The molecule has 20 heavy (non-hydrogen) atoms. The molecule has 9 heteroatoms. The van der Waals surface area contributed by atoms with Crippen LogP contribution in [0, 0.1) is 5.82 Å². The molecule has 3 N–H and O–H groups in total. The van der Waals surface area contributed by atoms with Crippen LogP contribution in [-0.4, -0.2) is 8.42 Å². The Bertz CT molecular complexity index is 747. The molecule has 108 valence electrons. The van der Waals surface area contributed by atoms with Gasteiger partial charge in [-0.25, -0.2) is 17.5 Å². The third kappa shape index (κ3) is 3.59. The van der Waals surface area contributed by atoms with Crippen molar-refractivity contribution in [2.45, 2.75) is 11.4 Å². The number of rotatable bonds is 4. The van der Waals surface area contributed by atoms with E-state index >= 15 is 0 Å². The summed E-state index contributed by atoms with van der Waals surface area (Å²) in [6.45, 7) is 0.0913. The van der Waals surface area contributed by atoms with Crippen molar-refractivity contribution in [1.29, 1.82) is 0 Å². The van der Waals surface area contributed by atoms with Crippen molar-refractivity contribution in [2.75, 3.05) is 5.73 Å². The number of sulfonamides is 1. The van der Waals surface area contributed by atoms with Crippen molar-refractivity contribution in [1.82, 2.24) is 4.72 Å². The Morgan fingerprint density at radius 3 is 2.60 bits per heavy atom. The van der Waals surface area contributed by atoms with E-state index in [9.17, 15) is 12.8 Å². The Morgan fingerprint density at radius 1 is 1.30 bits per heavy atom. The van der Waals surface area contributed by atoms with Crippen molar-refractivity contribution in [2.24, 2.45) is 0 Å². The summed E-state index contributed by atoms with van der Waals surface area (Å²) >= 11 is 7.72. The van der Waals surface area contributed by atoms with Crippen LogP contribution in [0.3, 0.4) is 0 Å². The minimum atomic E-state index is -3.95. The molecule has 0 spiro atoms. The minimum absolute atomic E-state index is 0.0913.